The molecule has 4 amide bonds. The van der Waals surface area contributed by atoms with Gasteiger partial charge in [-0.15, -0.1) is 0 Å². The molecule has 1 N–H and O–H groups in total. The third-order valence-corrected chi connectivity index (χ3v) is 6.30. The number of nitrogens with one attached hydrogen (secondary N) is 1. The van der Waals surface area contributed by atoms with E-state index in [2.05, 4.69) is 21.2 Å². The lowest BCUT2D eigenvalue weighted by Gasteiger charge is -2.27. The lowest BCUT2D eigenvalue weighted by Crippen LogP contribution is -2.54. The fourth-order valence-electron chi connectivity index (χ4n) is 4.13. The number of carbonyl (C=O) groups is 3. The van der Waals surface area contributed by atoms with Crippen molar-refractivity contribution in [1.82, 2.24) is 5.32 Å². The highest BCUT2D eigenvalue weighted by Gasteiger charge is 2.37. The number of barbiturate groups is 1. The number of amides is 4. The zero-order chi connectivity index (χ0) is 28.3. The first kappa shape index (κ1) is 27.5. The number of non-ortho nitro benzene ring substituents is 1. The third kappa shape index (κ3) is 6.15. The maximum absolute atomic E-state index is 13.3. The van der Waals surface area contributed by atoms with Crippen LogP contribution in [-0.4, -0.2) is 29.4 Å². The Morgan fingerprint density at radius 2 is 1.74 bits per heavy atom. The molecule has 0 aliphatic carbocycles. The lowest BCUT2D eigenvalue weighted by molar-refractivity contribution is -0.384. The quantitative estimate of drug-likeness (QED) is 0.155. The fraction of sp³-hybridized carbons (Fsp3) is 0.179. The molecule has 0 radical (unpaired) electrons. The van der Waals surface area contributed by atoms with Gasteiger partial charge in [-0.25, -0.2) is 9.69 Å². The molecule has 4 rings (SSSR count). The highest BCUT2D eigenvalue weighted by Crippen LogP contribution is 2.38. The predicted octanol–water partition coefficient (Wildman–Crippen LogP) is 5.62. The van der Waals surface area contributed by atoms with Crippen molar-refractivity contribution in [2.75, 3.05) is 11.5 Å². The molecule has 0 spiro atoms. The smallest absolute Gasteiger partial charge is 0.335 e. The number of urea groups is 1. The average Bonchev–Trinajstić information content (AvgIpc) is 2.86. The van der Waals surface area contributed by atoms with Crippen molar-refractivity contribution in [2.45, 2.75) is 27.4 Å². The van der Waals surface area contributed by atoms with Crippen molar-refractivity contribution in [3.63, 3.8) is 0 Å². The normalized spacial score (nSPS) is 14.4. The zero-order valence-electron chi connectivity index (χ0n) is 21.3. The largest absolute Gasteiger partial charge is 0.490 e. The van der Waals surface area contributed by atoms with Crippen LogP contribution in [0.1, 0.15) is 29.2 Å². The molecule has 0 unspecified atom stereocenters. The van der Waals surface area contributed by atoms with Gasteiger partial charge in [0, 0.05) is 12.1 Å². The van der Waals surface area contributed by atoms with Gasteiger partial charge >= 0.3 is 6.03 Å². The van der Waals surface area contributed by atoms with E-state index in [4.69, 9.17) is 9.47 Å². The van der Waals surface area contributed by atoms with Crippen molar-refractivity contribution in [3.8, 4) is 11.5 Å². The molecule has 1 saturated heterocycles. The molecule has 1 aliphatic heterocycles. The molecule has 200 valence electrons. The number of halogens is 1. The van der Waals surface area contributed by atoms with E-state index in [1.165, 1.54) is 18.2 Å². The van der Waals surface area contributed by atoms with E-state index in [9.17, 15) is 24.5 Å². The number of nitro groups is 1. The van der Waals surface area contributed by atoms with Crippen LogP contribution >= 0.6 is 15.9 Å². The number of benzene rings is 3. The molecule has 39 heavy (non-hydrogen) atoms. The van der Waals surface area contributed by atoms with Crippen molar-refractivity contribution in [2.24, 2.45) is 0 Å². The minimum atomic E-state index is -0.826. The summed E-state index contributed by atoms with van der Waals surface area (Å²) in [5.41, 5.74) is 2.83. The van der Waals surface area contributed by atoms with Gasteiger partial charge in [-0.1, -0.05) is 18.2 Å². The maximum Gasteiger partial charge on any atom is 0.335 e. The van der Waals surface area contributed by atoms with E-state index in [1.807, 2.05) is 19.9 Å². The summed E-state index contributed by atoms with van der Waals surface area (Å²) in [5.74, 6) is -0.897. The summed E-state index contributed by atoms with van der Waals surface area (Å²) in [5, 5.41) is 13.3. The van der Waals surface area contributed by atoms with Crippen molar-refractivity contribution >= 4 is 51.2 Å². The number of imide groups is 2. The lowest BCUT2D eigenvalue weighted by atomic mass is 10.0. The molecule has 0 saturated carbocycles. The van der Waals surface area contributed by atoms with Gasteiger partial charge in [0.2, 0.25) is 0 Å². The molecule has 11 heteroatoms. The fourth-order valence-corrected chi connectivity index (χ4v) is 4.70. The molecule has 0 bridgehead atoms. The van der Waals surface area contributed by atoms with Crippen LogP contribution in [0.3, 0.4) is 0 Å². The van der Waals surface area contributed by atoms with Crippen LogP contribution in [0.2, 0.25) is 0 Å². The number of aryl methyl sites for hydroxylation is 2. The Kier molecular flexibility index (Phi) is 8.10. The first-order chi connectivity index (χ1) is 18.6. The third-order valence-electron chi connectivity index (χ3n) is 5.71. The number of carbonyl (C=O) groups excluding carboxylic acids is 3. The maximum atomic E-state index is 13.3. The monoisotopic (exact) mass is 593 g/mol. The van der Waals surface area contributed by atoms with Crippen LogP contribution in [0.5, 0.6) is 11.5 Å². The van der Waals surface area contributed by atoms with E-state index >= 15 is 0 Å². The second kappa shape index (κ2) is 11.5. The van der Waals surface area contributed by atoms with Gasteiger partial charge in [0.15, 0.2) is 11.5 Å². The molecule has 3 aromatic carbocycles. The van der Waals surface area contributed by atoms with Gasteiger partial charge in [-0.05, 0) is 89.3 Å². The van der Waals surface area contributed by atoms with Gasteiger partial charge < -0.3 is 9.47 Å². The summed E-state index contributed by atoms with van der Waals surface area (Å²) in [6.07, 6.45) is 1.37. The number of hydrogen-bond acceptors (Lipinski definition) is 7. The Hall–Kier alpha value is -4.51. The summed E-state index contributed by atoms with van der Waals surface area (Å²) in [6, 6.07) is 13.8. The van der Waals surface area contributed by atoms with E-state index in [0.29, 0.717) is 39.4 Å². The predicted molar refractivity (Wildman–Crippen MR) is 148 cm³/mol. The van der Waals surface area contributed by atoms with Crippen LogP contribution in [0.25, 0.3) is 6.08 Å². The molecule has 1 heterocycles. The Bertz CT molecular complexity index is 1510. The minimum Gasteiger partial charge on any atom is -0.490 e. The summed E-state index contributed by atoms with van der Waals surface area (Å²) < 4.78 is 12.1. The summed E-state index contributed by atoms with van der Waals surface area (Å²) in [7, 11) is 0. The van der Waals surface area contributed by atoms with Gasteiger partial charge in [-0.3, -0.25) is 25.0 Å². The highest BCUT2D eigenvalue weighted by molar-refractivity contribution is 9.10. The van der Waals surface area contributed by atoms with E-state index in [1.54, 1.807) is 43.3 Å². The number of nitrogens with zero attached hydrogens (tertiary/aromatic N) is 2. The van der Waals surface area contributed by atoms with Crippen LogP contribution in [0, 0.1) is 24.0 Å². The van der Waals surface area contributed by atoms with Crippen molar-refractivity contribution in [1.29, 1.82) is 0 Å². The molecule has 10 nitrogen and oxygen atoms in total. The summed E-state index contributed by atoms with van der Waals surface area (Å²) >= 11 is 3.46. The number of rotatable bonds is 8. The van der Waals surface area contributed by atoms with E-state index in [-0.39, 0.29) is 17.9 Å². The van der Waals surface area contributed by atoms with Crippen LogP contribution < -0.4 is 19.7 Å². The average molecular weight is 594 g/mol. The Morgan fingerprint density at radius 1 is 1.03 bits per heavy atom. The zero-order valence-corrected chi connectivity index (χ0v) is 22.9. The van der Waals surface area contributed by atoms with Crippen LogP contribution in [-0.2, 0) is 16.2 Å². The summed E-state index contributed by atoms with van der Waals surface area (Å²) in [4.78, 5) is 50.1. The van der Waals surface area contributed by atoms with Crippen LogP contribution in [0.15, 0.2) is 64.6 Å². The second-order valence-electron chi connectivity index (χ2n) is 8.78. The second-order valence-corrected chi connectivity index (χ2v) is 9.64. The molecule has 1 fully saturated rings. The molecular weight excluding hydrogens is 570 g/mol. The number of anilines is 1. The topological polar surface area (TPSA) is 128 Å². The summed E-state index contributed by atoms with van der Waals surface area (Å²) in [6.45, 7) is 5.82. The van der Waals surface area contributed by atoms with E-state index < -0.39 is 22.8 Å². The van der Waals surface area contributed by atoms with Crippen molar-refractivity contribution in [3.05, 3.63) is 97.0 Å². The molecule has 0 aromatic heterocycles. The Morgan fingerprint density at radius 3 is 2.41 bits per heavy atom. The Balaban J connectivity index is 1.66. The Labute approximate surface area is 232 Å². The van der Waals surface area contributed by atoms with Gasteiger partial charge in [0.25, 0.3) is 17.5 Å². The molecule has 1 aliphatic rings. The standard InChI is InChI=1S/C28H24BrN3O7/c1-4-38-24-14-19(13-23(29)25(24)39-15-18-6-5-7-20(11-18)32(36)37)12-22-26(33)30-28(35)31(27(22)34)21-9-16(2)8-17(3)10-21/h5-14H,4,15H2,1-3H3,(H,30,33,35)/b22-12+. The van der Waals surface area contributed by atoms with Gasteiger partial charge in [0.1, 0.15) is 12.2 Å². The molecular formula is C28H24BrN3O7. The first-order valence-electron chi connectivity index (χ1n) is 11.9. The number of hydrogen-bond donors (Lipinski definition) is 1. The van der Waals surface area contributed by atoms with Crippen molar-refractivity contribution < 1.29 is 28.8 Å². The van der Waals surface area contributed by atoms with Crippen LogP contribution in [0.4, 0.5) is 16.2 Å². The highest BCUT2D eigenvalue weighted by atomic mass is 79.9. The van der Waals surface area contributed by atoms with Gasteiger partial charge in [0.05, 0.1) is 21.7 Å². The number of ether oxygens (including phenoxy) is 2. The molecule has 0 atom stereocenters. The van der Waals surface area contributed by atoms with E-state index in [0.717, 1.165) is 16.0 Å². The molecule has 3 aromatic rings. The number of nitro benzene ring substituents is 1. The minimum absolute atomic E-state index is 0.0364. The van der Waals surface area contributed by atoms with Gasteiger partial charge in [-0.2, -0.15) is 0 Å². The SMILES string of the molecule is CCOc1cc(/C=C2\C(=O)NC(=O)N(c3cc(C)cc(C)c3)C2=O)cc(Br)c1OCc1cccc([N+](=O)[O-])c1. The first-order valence-corrected chi connectivity index (χ1v) is 12.7.